The minimum Gasteiger partial charge on any atom is -0.452 e. The van der Waals surface area contributed by atoms with Gasteiger partial charge in [-0.1, -0.05) is 24.3 Å². The number of carbonyl (C=O) groups excluding carboxylic acids is 2. The van der Waals surface area contributed by atoms with Gasteiger partial charge in [-0.3, -0.25) is 4.79 Å². The first-order valence-corrected chi connectivity index (χ1v) is 10.4. The fraction of sp³-hybridized carbons (Fsp3) is 0.318. The molecule has 0 radical (unpaired) electrons. The van der Waals surface area contributed by atoms with Crippen LogP contribution < -0.4 is 0 Å². The maximum absolute atomic E-state index is 12.9. The summed E-state index contributed by atoms with van der Waals surface area (Å²) >= 11 is 1.56. The number of carbonyl (C=O) groups is 2. The third-order valence-corrected chi connectivity index (χ3v) is 5.70. The molecule has 29 heavy (non-hydrogen) atoms. The van der Waals surface area contributed by atoms with Crippen molar-refractivity contribution in [1.82, 2.24) is 9.88 Å². The largest absolute Gasteiger partial charge is 0.452 e. The van der Waals surface area contributed by atoms with Gasteiger partial charge >= 0.3 is 5.97 Å². The average molecular weight is 410 g/mol. The van der Waals surface area contributed by atoms with E-state index < -0.39 is 5.97 Å². The number of benzene rings is 1. The van der Waals surface area contributed by atoms with Gasteiger partial charge in [0.2, 0.25) is 0 Å². The van der Waals surface area contributed by atoms with Gasteiger partial charge in [0.25, 0.3) is 5.91 Å². The highest BCUT2D eigenvalue weighted by atomic mass is 32.1. The molecule has 2 unspecified atom stereocenters. The second-order valence-electron chi connectivity index (χ2n) is 7.18. The van der Waals surface area contributed by atoms with E-state index in [0.29, 0.717) is 35.2 Å². The first kappa shape index (κ1) is 19.5. The van der Waals surface area contributed by atoms with Gasteiger partial charge < -0.3 is 14.4 Å². The zero-order valence-electron chi connectivity index (χ0n) is 16.3. The Morgan fingerprint density at radius 2 is 1.93 bits per heavy atom. The van der Waals surface area contributed by atoms with E-state index >= 15 is 0 Å². The number of rotatable bonds is 4. The van der Waals surface area contributed by atoms with Crippen LogP contribution in [0.5, 0.6) is 0 Å². The highest BCUT2D eigenvalue weighted by Crippen LogP contribution is 2.28. The maximum atomic E-state index is 12.9. The smallest absolute Gasteiger partial charge is 0.339 e. The van der Waals surface area contributed by atoms with Gasteiger partial charge in [-0.25, -0.2) is 9.78 Å². The van der Waals surface area contributed by atoms with Gasteiger partial charge in [0.1, 0.15) is 0 Å². The fourth-order valence-corrected chi connectivity index (χ4v) is 4.26. The van der Waals surface area contributed by atoms with Crippen molar-refractivity contribution in [3.8, 4) is 10.6 Å². The Morgan fingerprint density at radius 3 is 2.66 bits per heavy atom. The van der Waals surface area contributed by atoms with Crippen molar-refractivity contribution >= 4 is 34.1 Å². The van der Waals surface area contributed by atoms with E-state index in [4.69, 9.17) is 9.47 Å². The second kappa shape index (κ2) is 8.31. The van der Waals surface area contributed by atoms with Crippen molar-refractivity contribution in [3.05, 3.63) is 53.4 Å². The van der Waals surface area contributed by atoms with E-state index in [1.54, 1.807) is 22.3 Å². The Kier molecular flexibility index (Phi) is 5.60. The Morgan fingerprint density at radius 1 is 1.17 bits per heavy atom. The van der Waals surface area contributed by atoms with Gasteiger partial charge in [-0.2, -0.15) is 0 Å². The summed E-state index contributed by atoms with van der Waals surface area (Å²) in [5.41, 5.74) is 1.84. The molecule has 0 bridgehead atoms. The number of thiophene rings is 1. The minimum atomic E-state index is -0.524. The van der Waals surface area contributed by atoms with Crippen LogP contribution in [0.2, 0.25) is 0 Å². The molecule has 150 valence electrons. The van der Waals surface area contributed by atoms with E-state index in [9.17, 15) is 9.59 Å². The van der Waals surface area contributed by atoms with Crippen LogP contribution in [0.4, 0.5) is 0 Å². The molecule has 1 aliphatic heterocycles. The normalized spacial score (nSPS) is 19.3. The number of fused-ring (bicyclic) bond motifs is 1. The average Bonchev–Trinajstić information content (AvgIpc) is 3.25. The van der Waals surface area contributed by atoms with Crippen LogP contribution in [0.25, 0.3) is 21.5 Å². The van der Waals surface area contributed by atoms with Gasteiger partial charge in [-0.05, 0) is 37.4 Å². The summed E-state index contributed by atoms with van der Waals surface area (Å²) in [6.07, 6.45) is -0.0632. The Hall–Kier alpha value is -2.77. The second-order valence-corrected chi connectivity index (χ2v) is 8.13. The summed E-state index contributed by atoms with van der Waals surface area (Å²) in [5, 5.41) is 2.67. The Balaban J connectivity index is 1.54. The molecule has 7 heteroatoms. The zero-order chi connectivity index (χ0) is 20.4. The van der Waals surface area contributed by atoms with Crippen LogP contribution in [-0.2, 0) is 14.3 Å². The molecular formula is C22H22N2O4S. The number of para-hydroxylation sites is 1. The molecule has 1 amide bonds. The summed E-state index contributed by atoms with van der Waals surface area (Å²) in [7, 11) is 0. The number of amides is 1. The van der Waals surface area contributed by atoms with Crippen molar-refractivity contribution in [3.63, 3.8) is 0 Å². The van der Waals surface area contributed by atoms with Crippen LogP contribution in [0, 0.1) is 0 Å². The minimum absolute atomic E-state index is 0.0316. The van der Waals surface area contributed by atoms with Crippen molar-refractivity contribution in [2.45, 2.75) is 26.1 Å². The van der Waals surface area contributed by atoms with Crippen molar-refractivity contribution in [2.75, 3.05) is 19.7 Å². The fourth-order valence-electron chi connectivity index (χ4n) is 3.57. The number of hydrogen-bond acceptors (Lipinski definition) is 6. The molecule has 6 nitrogen and oxygen atoms in total. The molecule has 1 fully saturated rings. The lowest BCUT2D eigenvalue weighted by Crippen LogP contribution is -2.49. The van der Waals surface area contributed by atoms with Crippen molar-refractivity contribution < 1.29 is 19.1 Å². The third-order valence-electron chi connectivity index (χ3n) is 4.81. The molecule has 0 spiro atoms. The summed E-state index contributed by atoms with van der Waals surface area (Å²) in [6, 6.07) is 13.1. The molecule has 0 saturated carbocycles. The van der Waals surface area contributed by atoms with Crippen LogP contribution >= 0.6 is 11.3 Å². The number of pyridine rings is 1. The predicted molar refractivity (Wildman–Crippen MR) is 112 cm³/mol. The summed E-state index contributed by atoms with van der Waals surface area (Å²) in [5.74, 6) is -0.735. The summed E-state index contributed by atoms with van der Waals surface area (Å²) < 4.78 is 11.0. The quantitative estimate of drug-likeness (QED) is 0.613. The maximum Gasteiger partial charge on any atom is 0.339 e. The lowest BCUT2D eigenvalue weighted by atomic mass is 10.1. The monoisotopic (exact) mass is 410 g/mol. The van der Waals surface area contributed by atoms with E-state index in [-0.39, 0.29) is 24.7 Å². The Labute approximate surface area is 173 Å². The topological polar surface area (TPSA) is 68.7 Å². The SMILES string of the molecule is CC1CN(C(=O)COC(=O)c2cc(-c3cccs3)nc3ccccc23)CC(C)O1. The highest BCUT2D eigenvalue weighted by molar-refractivity contribution is 7.13. The molecule has 3 heterocycles. The number of nitrogens with zero attached hydrogens (tertiary/aromatic N) is 2. The summed E-state index contributed by atoms with van der Waals surface area (Å²) in [4.78, 5) is 32.7. The standard InChI is InChI=1S/C22H22N2O4S/c1-14-11-24(12-15(2)28-14)21(25)13-27-22(26)17-10-19(20-8-5-9-29-20)23-18-7-4-3-6-16(17)18/h3-10,14-15H,11-13H2,1-2H3. The van der Waals surface area contributed by atoms with Gasteiger partial charge in [-0.15, -0.1) is 11.3 Å². The first-order chi connectivity index (χ1) is 14.0. The van der Waals surface area contributed by atoms with E-state index in [1.165, 1.54) is 0 Å². The molecular weight excluding hydrogens is 388 g/mol. The number of hydrogen-bond donors (Lipinski definition) is 0. The lowest BCUT2D eigenvalue weighted by Gasteiger charge is -2.35. The van der Waals surface area contributed by atoms with Crippen LogP contribution in [0.1, 0.15) is 24.2 Å². The highest BCUT2D eigenvalue weighted by Gasteiger charge is 2.27. The van der Waals surface area contributed by atoms with Gasteiger partial charge in [0.15, 0.2) is 6.61 Å². The van der Waals surface area contributed by atoms with E-state index in [2.05, 4.69) is 4.98 Å². The number of esters is 1. The van der Waals surface area contributed by atoms with Gasteiger partial charge in [0, 0.05) is 18.5 Å². The third kappa shape index (κ3) is 4.31. The molecule has 0 aliphatic carbocycles. The molecule has 0 N–H and O–H groups in total. The van der Waals surface area contributed by atoms with Gasteiger partial charge in [0.05, 0.1) is 33.9 Å². The Bertz CT molecular complexity index is 1020. The lowest BCUT2D eigenvalue weighted by molar-refractivity contribution is -0.146. The number of ether oxygens (including phenoxy) is 2. The molecule has 1 aromatic carbocycles. The molecule has 3 aromatic rings. The number of aromatic nitrogens is 1. The molecule has 2 atom stereocenters. The predicted octanol–water partition coefficient (Wildman–Crippen LogP) is 3.76. The zero-order valence-corrected chi connectivity index (χ0v) is 17.1. The molecule has 1 aliphatic rings. The molecule has 1 saturated heterocycles. The van der Waals surface area contributed by atoms with E-state index in [1.807, 2.05) is 55.6 Å². The van der Waals surface area contributed by atoms with Crippen LogP contribution in [0.15, 0.2) is 47.8 Å². The van der Waals surface area contributed by atoms with Crippen LogP contribution in [0.3, 0.4) is 0 Å². The molecule has 4 rings (SSSR count). The summed E-state index contributed by atoms with van der Waals surface area (Å²) in [6.45, 7) is 4.57. The first-order valence-electron chi connectivity index (χ1n) is 9.55. The van der Waals surface area contributed by atoms with Crippen molar-refractivity contribution in [1.29, 1.82) is 0 Å². The van der Waals surface area contributed by atoms with Crippen molar-refractivity contribution in [2.24, 2.45) is 0 Å². The van der Waals surface area contributed by atoms with Crippen LogP contribution in [-0.4, -0.2) is 53.7 Å². The van der Waals surface area contributed by atoms with E-state index in [0.717, 1.165) is 4.88 Å². The number of morpholine rings is 1. The molecule has 2 aromatic heterocycles.